The van der Waals surface area contributed by atoms with E-state index in [9.17, 15) is 9.90 Å². The summed E-state index contributed by atoms with van der Waals surface area (Å²) in [5, 5.41) is 10.2. The molecule has 2 heterocycles. The molecule has 1 fully saturated rings. The molecule has 1 aromatic heterocycles. The third-order valence-electron chi connectivity index (χ3n) is 3.94. The van der Waals surface area contributed by atoms with Gasteiger partial charge in [0.1, 0.15) is 5.58 Å². The van der Waals surface area contributed by atoms with Gasteiger partial charge >= 0.3 is 5.97 Å². The smallest absolute Gasteiger partial charge is 0.372 e. The van der Waals surface area contributed by atoms with Crippen LogP contribution in [0.25, 0.3) is 11.0 Å². The number of para-hydroxylation sites is 1. The van der Waals surface area contributed by atoms with Gasteiger partial charge in [0.2, 0.25) is 5.76 Å². The van der Waals surface area contributed by atoms with Gasteiger partial charge in [-0.15, -0.1) is 0 Å². The Morgan fingerprint density at radius 1 is 1.47 bits per heavy atom. The highest BCUT2D eigenvalue weighted by Gasteiger charge is 2.26. The lowest BCUT2D eigenvalue weighted by atomic mass is 10.1. The molecule has 1 saturated heterocycles. The summed E-state index contributed by atoms with van der Waals surface area (Å²) in [5.74, 6) is -0.904. The van der Waals surface area contributed by atoms with Crippen LogP contribution in [0, 0.1) is 0 Å². The number of furan rings is 1. The summed E-state index contributed by atoms with van der Waals surface area (Å²) in [6.45, 7) is 3.87. The zero-order valence-electron chi connectivity index (χ0n) is 10.9. The van der Waals surface area contributed by atoms with Crippen molar-refractivity contribution in [1.82, 2.24) is 4.90 Å². The van der Waals surface area contributed by atoms with Crippen LogP contribution >= 0.6 is 0 Å². The van der Waals surface area contributed by atoms with Crippen molar-refractivity contribution in [2.45, 2.75) is 32.4 Å². The predicted octanol–water partition coefficient (Wildman–Crippen LogP) is 3.12. The number of likely N-dealkylation sites (tertiary alicyclic amines) is 1. The molecular weight excluding hydrogens is 242 g/mol. The Bertz CT molecular complexity index is 617. The molecule has 1 N–H and O–H groups in total. The number of nitrogens with zero attached hydrogens (tertiary/aromatic N) is 1. The fourth-order valence-corrected chi connectivity index (χ4v) is 2.86. The van der Waals surface area contributed by atoms with Crippen LogP contribution in [0.15, 0.2) is 28.7 Å². The molecule has 1 atom stereocenters. The van der Waals surface area contributed by atoms with Gasteiger partial charge in [-0.25, -0.2) is 4.79 Å². The van der Waals surface area contributed by atoms with Crippen molar-refractivity contribution in [1.29, 1.82) is 0 Å². The molecule has 4 nitrogen and oxygen atoms in total. The average molecular weight is 259 g/mol. The standard InChI is InChI=1S/C15H17NO3/c1-10-5-4-8-16(10)9-12-11-6-2-3-7-13(11)19-14(12)15(17)18/h2-3,6-7,10H,4-5,8-9H2,1H3,(H,17,18). The van der Waals surface area contributed by atoms with E-state index in [2.05, 4.69) is 11.8 Å². The minimum absolute atomic E-state index is 0.0836. The number of aromatic carboxylic acids is 1. The molecule has 1 unspecified atom stereocenters. The van der Waals surface area contributed by atoms with E-state index in [-0.39, 0.29) is 5.76 Å². The molecule has 0 spiro atoms. The topological polar surface area (TPSA) is 53.7 Å². The van der Waals surface area contributed by atoms with E-state index < -0.39 is 5.97 Å². The van der Waals surface area contributed by atoms with Gasteiger partial charge in [0.25, 0.3) is 0 Å². The molecule has 0 amide bonds. The second-order valence-corrected chi connectivity index (χ2v) is 5.17. The number of benzene rings is 1. The van der Waals surface area contributed by atoms with Crippen molar-refractivity contribution in [2.24, 2.45) is 0 Å². The van der Waals surface area contributed by atoms with Crippen LogP contribution in [0.2, 0.25) is 0 Å². The Kier molecular flexibility index (Phi) is 3.03. The van der Waals surface area contributed by atoms with Gasteiger partial charge in [-0.3, -0.25) is 4.90 Å². The fourth-order valence-electron chi connectivity index (χ4n) is 2.86. The lowest BCUT2D eigenvalue weighted by Gasteiger charge is -2.20. The monoisotopic (exact) mass is 259 g/mol. The quantitative estimate of drug-likeness (QED) is 0.920. The van der Waals surface area contributed by atoms with Gasteiger partial charge in [-0.05, 0) is 32.4 Å². The number of hydrogen-bond donors (Lipinski definition) is 1. The molecular formula is C15H17NO3. The summed E-state index contributed by atoms with van der Waals surface area (Å²) in [5.41, 5.74) is 1.46. The highest BCUT2D eigenvalue weighted by atomic mass is 16.4. The van der Waals surface area contributed by atoms with Crippen molar-refractivity contribution in [3.8, 4) is 0 Å². The van der Waals surface area contributed by atoms with Crippen LogP contribution < -0.4 is 0 Å². The molecule has 2 aromatic rings. The Labute approximate surface area is 111 Å². The number of hydrogen-bond acceptors (Lipinski definition) is 3. The summed E-state index contributed by atoms with van der Waals surface area (Å²) in [7, 11) is 0. The summed E-state index contributed by atoms with van der Waals surface area (Å²) in [4.78, 5) is 13.7. The molecule has 1 aliphatic heterocycles. The fraction of sp³-hybridized carbons (Fsp3) is 0.400. The summed E-state index contributed by atoms with van der Waals surface area (Å²) in [6, 6.07) is 8.04. The van der Waals surface area contributed by atoms with Crippen molar-refractivity contribution in [3.05, 3.63) is 35.6 Å². The summed E-state index contributed by atoms with van der Waals surface area (Å²) in [6.07, 6.45) is 2.36. The zero-order valence-corrected chi connectivity index (χ0v) is 10.9. The minimum atomic E-state index is -0.988. The lowest BCUT2D eigenvalue weighted by molar-refractivity contribution is 0.0661. The number of rotatable bonds is 3. The first kappa shape index (κ1) is 12.2. The van der Waals surface area contributed by atoms with Crippen LogP contribution in [-0.2, 0) is 6.54 Å². The Balaban J connectivity index is 2.04. The summed E-state index contributed by atoms with van der Waals surface area (Å²) >= 11 is 0. The van der Waals surface area contributed by atoms with Crippen LogP contribution in [0.1, 0.15) is 35.9 Å². The van der Waals surface area contributed by atoms with Crippen LogP contribution in [-0.4, -0.2) is 28.6 Å². The minimum Gasteiger partial charge on any atom is -0.475 e. The maximum Gasteiger partial charge on any atom is 0.372 e. The Hall–Kier alpha value is -1.81. The molecule has 100 valence electrons. The predicted molar refractivity (Wildman–Crippen MR) is 72.3 cm³/mol. The molecule has 1 aromatic carbocycles. The van der Waals surface area contributed by atoms with Gasteiger partial charge < -0.3 is 9.52 Å². The first-order valence-corrected chi connectivity index (χ1v) is 6.64. The average Bonchev–Trinajstić information content (AvgIpc) is 2.95. The SMILES string of the molecule is CC1CCCN1Cc1c(C(=O)O)oc2ccccc12. The van der Waals surface area contributed by atoms with Gasteiger partial charge in [0.05, 0.1) is 0 Å². The molecule has 0 saturated carbocycles. The number of carboxylic acids is 1. The first-order chi connectivity index (χ1) is 9.16. The molecule has 19 heavy (non-hydrogen) atoms. The van der Waals surface area contributed by atoms with E-state index in [0.29, 0.717) is 18.2 Å². The number of carboxylic acid groups (broad SMARTS) is 1. The van der Waals surface area contributed by atoms with Gasteiger partial charge in [-0.2, -0.15) is 0 Å². The van der Waals surface area contributed by atoms with E-state index in [1.807, 2.05) is 24.3 Å². The van der Waals surface area contributed by atoms with Crippen LogP contribution in [0.4, 0.5) is 0 Å². The highest BCUT2D eigenvalue weighted by Crippen LogP contribution is 2.29. The number of fused-ring (bicyclic) bond motifs is 1. The second kappa shape index (κ2) is 4.70. The van der Waals surface area contributed by atoms with Crippen molar-refractivity contribution in [3.63, 3.8) is 0 Å². The van der Waals surface area contributed by atoms with Gasteiger partial charge in [0.15, 0.2) is 0 Å². The zero-order chi connectivity index (χ0) is 13.4. The second-order valence-electron chi connectivity index (χ2n) is 5.17. The van der Waals surface area contributed by atoms with Crippen LogP contribution in [0.5, 0.6) is 0 Å². The third kappa shape index (κ3) is 2.12. The van der Waals surface area contributed by atoms with Crippen molar-refractivity contribution >= 4 is 16.9 Å². The van der Waals surface area contributed by atoms with Gasteiger partial charge in [-0.1, -0.05) is 18.2 Å². The van der Waals surface area contributed by atoms with Crippen LogP contribution in [0.3, 0.4) is 0 Å². The van der Waals surface area contributed by atoms with E-state index in [0.717, 1.165) is 17.5 Å². The van der Waals surface area contributed by atoms with E-state index >= 15 is 0 Å². The highest BCUT2D eigenvalue weighted by molar-refractivity contribution is 5.95. The first-order valence-electron chi connectivity index (χ1n) is 6.64. The third-order valence-corrected chi connectivity index (χ3v) is 3.94. The van der Waals surface area contributed by atoms with Gasteiger partial charge in [0, 0.05) is 23.5 Å². The van der Waals surface area contributed by atoms with Crippen molar-refractivity contribution < 1.29 is 14.3 Å². The van der Waals surface area contributed by atoms with E-state index in [1.54, 1.807) is 0 Å². The number of carbonyl (C=O) groups is 1. The van der Waals surface area contributed by atoms with E-state index in [1.165, 1.54) is 12.8 Å². The Morgan fingerprint density at radius 2 is 2.26 bits per heavy atom. The summed E-state index contributed by atoms with van der Waals surface area (Å²) < 4.78 is 5.48. The van der Waals surface area contributed by atoms with E-state index in [4.69, 9.17) is 4.42 Å². The molecule has 1 aliphatic rings. The molecule has 3 rings (SSSR count). The molecule has 0 bridgehead atoms. The lowest BCUT2D eigenvalue weighted by Crippen LogP contribution is -2.26. The Morgan fingerprint density at radius 3 is 2.95 bits per heavy atom. The molecule has 0 radical (unpaired) electrons. The molecule has 4 heteroatoms. The largest absolute Gasteiger partial charge is 0.475 e. The normalized spacial score (nSPS) is 20.2. The molecule has 0 aliphatic carbocycles. The van der Waals surface area contributed by atoms with Crippen molar-refractivity contribution in [2.75, 3.05) is 6.54 Å². The maximum absolute atomic E-state index is 11.3. The maximum atomic E-state index is 11.3.